The van der Waals surface area contributed by atoms with Crippen molar-refractivity contribution in [1.82, 2.24) is 10.2 Å². The van der Waals surface area contributed by atoms with E-state index < -0.39 is 0 Å². The van der Waals surface area contributed by atoms with Crippen molar-refractivity contribution in [2.24, 2.45) is 5.92 Å². The van der Waals surface area contributed by atoms with Gasteiger partial charge in [0.05, 0.1) is 12.8 Å². The molecule has 2 aromatic rings. The minimum Gasteiger partial charge on any atom is -0.496 e. The van der Waals surface area contributed by atoms with Crippen LogP contribution in [0, 0.1) is 12.8 Å². The fourth-order valence-corrected chi connectivity index (χ4v) is 1.89. The Labute approximate surface area is 114 Å². The number of hydrogen-bond acceptors (Lipinski definition) is 3. The van der Waals surface area contributed by atoms with E-state index >= 15 is 0 Å². The highest BCUT2D eigenvalue weighted by Gasteiger charge is 2.09. The van der Waals surface area contributed by atoms with E-state index in [2.05, 4.69) is 42.4 Å². The molecule has 0 amide bonds. The molecule has 0 bridgehead atoms. The van der Waals surface area contributed by atoms with Crippen molar-refractivity contribution in [3.63, 3.8) is 0 Å². The normalized spacial score (nSPS) is 10.8. The number of nitrogens with zero attached hydrogens (tertiary/aromatic N) is 1. The van der Waals surface area contributed by atoms with Crippen molar-refractivity contribution in [3.8, 4) is 17.0 Å². The fraction of sp³-hybridized carbons (Fsp3) is 0.400. The van der Waals surface area contributed by atoms with Gasteiger partial charge in [0.1, 0.15) is 11.6 Å². The first-order chi connectivity index (χ1) is 9.10. The van der Waals surface area contributed by atoms with Crippen molar-refractivity contribution in [3.05, 3.63) is 29.8 Å². The third kappa shape index (κ3) is 3.28. The Bertz CT molecular complexity index is 546. The molecule has 102 valence electrons. The Balaban J connectivity index is 2.24. The van der Waals surface area contributed by atoms with Crippen LogP contribution in [0.4, 0.5) is 5.82 Å². The lowest BCUT2D eigenvalue weighted by Crippen LogP contribution is -2.07. The van der Waals surface area contributed by atoms with Crippen molar-refractivity contribution in [1.29, 1.82) is 0 Å². The summed E-state index contributed by atoms with van der Waals surface area (Å²) in [6.07, 6.45) is 0. The Morgan fingerprint density at radius 2 is 2.11 bits per heavy atom. The molecular formula is C15H21N3O. The number of hydrogen-bond donors (Lipinski definition) is 2. The van der Waals surface area contributed by atoms with E-state index in [4.69, 9.17) is 4.74 Å². The Morgan fingerprint density at radius 3 is 2.79 bits per heavy atom. The van der Waals surface area contributed by atoms with Gasteiger partial charge in [0, 0.05) is 18.2 Å². The number of methoxy groups -OCH3 is 1. The number of aromatic amines is 1. The van der Waals surface area contributed by atoms with Crippen molar-refractivity contribution in [2.45, 2.75) is 20.8 Å². The van der Waals surface area contributed by atoms with Gasteiger partial charge in [-0.25, -0.2) is 0 Å². The summed E-state index contributed by atoms with van der Waals surface area (Å²) in [5, 5.41) is 10.6. The van der Waals surface area contributed by atoms with Crippen LogP contribution in [0.3, 0.4) is 0 Å². The van der Waals surface area contributed by atoms with Gasteiger partial charge in [-0.2, -0.15) is 5.10 Å². The van der Waals surface area contributed by atoms with Gasteiger partial charge in [0.15, 0.2) is 0 Å². The number of rotatable bonds is 5. The second-order valence-corrected chi connectivity index (χ2v) is 5.15. The molecule has 4 nitrogen and oxygen atoms in total. The Hall–Kier alpha value is -1.97. The zero-order valence-electron chi connectivity index (χ0n) is 11.9. The third-order valence-corrected chi connectivity index (χ3v) is 2.91. The number of ether oxygens (including phenoxy) is 1. The second kappa shape index (κ2) is 5.78. The second-order valence-electron chi connectivity index (χ2n) is 5.15. The third-order valence-electron chi connectivity index (χ3n) is 2.91. The minimum absolute atomic E-state index is 0.591. The van der Waals surface area contributed by atoms with E-state index in [9.17, 15) is 0 Å². The van der Waals surface area contributed by atoms with Gasteiger partial charge in [0.2, 0.25) is 0 Å². The molecule has 0 saturated heterocycles. The van der Waals surface area contributed by atoms with E-state index in [1.165, 1.54) is 5.56 Å². The molecule has 1 aromatic carbocycles. The Morgan fingerprint density at radius 1 is 1.32 bits per heavy atom. The van der Waals surface area contributed by atoms with Crippen LogP contribution in [0.5, 0.6) is 5.75 Å². The van der Waals surface area contributed by atoms with Gasteiger partial charge >= 0.3 is 0 Å². The maximum Gasteiger partial charge on any atom is 0.148 e. The Kier molecular flexibility index (Phi) is 4.10. The lowest BCUT2D eigenvalue weighted by molar-refractivity contribution is 0.416. The maximum atomic E-state index is 5.39. The van der Waals surface area contributed by atoms with Crippen LogP contribution in [0.25, 0.3) is 11.3 Å². The van der Waals surface area contributed by atoms with Crippen LogP contribution < -0.4 is 10.1 Å². The molecule has 0 saturated carbocycles. The van der Waals surface area contributed by atoms with Gasteiger partial charge in [-0.1, -0.05) is 25.5 Å². The molecule has 0 atom stereocenters. The van der Waals surface area contributed by atoms with Crippen LogP contribution >= 0.6 is 0 Å². The molecule has 0 aliphatic rings. The quantitative estimate of drug-likeness (QED) is 0.864. The number of aromatic nitrogens is 2. The van der Waals surface area contributed by atoms with E-state index in [1.54, 1.807) is 7.11 Å². The number of H-pyrrole nitrogens is 1. The molecule has 4 heteroatoms. The fourth-order valence-electron chi connectivity index (χ4n) is 1.89. The average molecular weight is 259 g/mol. The summed E-state index contributed by atoms with van der Waals surface area (Å²) in [6.45, 7) is 7.32. The monoisotopic (exact) mass is 259 g/mol. The topological polar surface area (TPSA) is 49.9 Å². The van der Waals surface area contributed by atoms with Crippen LogP contribution in [0.2, 0.25) is 0 Å². The molecule has 2 rings (SSSR count). The number of nitrogens with one attached hydrogen (secondary N) is 2. The van der Waals surface area contributed by atoms with Gasteiger partial charge in [-0.15, -0.1) is 0 Å². The van der Waals surface area contributed by atoms with Crippen LogP contribution in [0.15, 0.2) is 24.3 Å². The molecule has 0 spiro atoms. The zero-order valence-corrected chi connectivity index (χ0v) is 11.9. The summed E-state index contributed by atoms with van der Waals surface area (Å²) in [6, 6.07) is 8.13. The van der Waals surface area contributed by atoms with Crippen LogP contribution in [-0.4, -0.2) is 23.9 Å². The summed E-state index contributed by atoms with van der Waals surface area (Å²) in [5.74, 6) is 2.31. The number of anilines is 1. The largest absolute Gasteiger partial charge is 0.496 e. The standard InChI is InChI=1S/C15H21N3O/c1-10(2)9-16-15-8-13(17-18-15)12-7-11(3)5-6-14(12)19-4/h5-8,10H,9H2,1-4H3,(H2,16,17,18). The van der Waals surface area contributed by atoms with E-state index in [0.29, 0.717) is 5.92 Å². The predicted molar refractivity (Wildman–Crippen MR) is 78.6 cm³/mol. The average Bonchev–Trinajstić information content (AvgIpc) is 2.85. The van der Waals surface area contributed by atoms with Crippen molar-refractivity contribution >= 4 is 5.82 Å². The van der Waals surface area contributed by atoms with E-state index in [1.807, 2.05) is 18.2 Å². The molecule has 0 unspecified atom stereocenters. The zero-order chi connectivity index (χ0) is 13.8. The molecule has 19 heavy (non-hydrogen) atoms. The van der Waals surface area contributed by atoms with Crippen molar-refractivity contribution < 1.29 is 4.74 Å². The van der Waals surface area contributed by atoms with Gasteiger partial charge < -0.3 is 10.1 Å². The SMILES string of the molecule is COc1ccc(C)cc1-c1cc(NCC(C)C)n[nH]1. The first-order valence-corrected chi connectivity index (χ1v) is 6.54. The molecule has 0 aliphatic heterocycles. The first kappa shape index (κ1) is 13.5. The molecular weight excluding hydrogens is 238 g/mol. The lowest BCUT2D eigenvalue weighted by atomic mass is 10.1. The highest BCUT2D eigenvalue weighted by Crippen LogP contribution is 2.30. The smallest absolute Gasteiger partial charge is 0.148 e. The predicted octanol–water partition coefficient (Wildman–Crippen LogP) is 3.46. The summed E-state index contributed by atoms with van der Waals surface area (Å²) in [7, 11) is 1.68. The summed E-state index contributed by atoms with van der Waals surface area (Å²) < 4.78 is 5.39. The van der Waals surface area contributed by atoms with Gasteiger partial charge in [-0.05, 0) is 25.0 Å². The molecule has 1 heterocycles. The molecule has 0 aliphatic carbocycles. The number of benzene rings is 1. The summed E-state index contributed by atoms with van der Waals surface area (Å²) >= 11 is 0. The summed E-state index contributed by atoms with van der Waals surface area (Å²) in [5.41, 5.74) is 3.20. The van der Waals surface area contributed by atoms with Gasteiger partial charge in [-0.3, -0.25) is 5.10 Å². The maximum absolute atomic E-state index is 5.39. The van der Waals surface area contributed by atoms with E-state index in [0.717, 1.165) is 29.4 Å². The van der Waals surface area contributed by atoms with Gasteiger partial charge in [0.25, 0.3) is 0 Å². The molecule has 1 aromatic heterocycles. The summed E-state index contributed by atoms with van der Waals surface area (Å²) in [4.78, 5) is 0. The van der Waals surface area contributed by atoms with Crippen LogP contribution in [-0.2, 0) is 0 Å². The highest BCUT2D eigenvalue weighted by molar-refractivity contribution is 5.70. The minimum atomic E-state index is 0.591. The highest BCUT2D eigenvalue weighted by atomic mass is 16.5. The van der Waals surface area contributed by atoms with E-state index in [-0.39, 0.29) is 0 Å². The molecule has 0 radical (unpaired) electrons. The lowest BCUT2D eigenvalue weighted by Gasteiger charge is -2.07. The van der Waals surface area contributed by atoms with Crippen LogP contribution in [0.1, 0.15) is 19.4 Å². The molecule has 2 N–H and O–H groups in total. The first-order valence-electron chi connectivity index (χ1n) is 6.54. The number of aryl methyl sites for hydroxylation is 1. The van der Waals surface area contributed by atoms with Crippen molar-refractivity contribution in [2.75, 3.05) is 19.0 Å². The molecule has 0 fully saturated rings.